The first-order valence-electron chi connectivity index (χ1n) is 8.14. The SMILES string of the molecule is CCNC(=NCCOc1ccc(Br)cc1)N(C)CC1CCOC1. The molecule has 1 heterocycles. The van der Waals surface area contributed by atoms with Crippen molar-refractivity contribution < 1.29 is 9.47 Å². The summed E-state index contributed by atoms with van der Waals surface area (Å²) in [6, 6.07) is 7.84. The third kappa shape index (κ3) is 6.39. The highest BCUT2D eigenvalue weighted by atomic mass is 79.9. The second-order valence-corrected chi connectivity index (χ2v) is 6.56. The zero-order chi connectivity index (χ0) is 16.5. The van der Waals surface area contributed by atoms with Crippen LogP contribution < -0.4 is 10.1 Å². The topological polar surface area (TPSA) is 46.1 Å². The predicted molar refractivity (Wildman–Crippen MR) is 97.2 cm³/mol. The molecule has 0 saturated carbocycles. The fraction of sp³-hybridized carbons (Fsp3) is 0.588. The number of nitrogens with one attached hydrogen (secondary N) is 1. The number of nitrogens with zero attached hydrogens (tertiary/aromatic N) is 2. The molecule has 1 atom stereocenters. The Morgan fingerprint density at radius 2 is 2.22 bits per heavy atom. The lowest BCUT2D eigenvalue weighted by Crippen LogP contribution is -2.41. The van der Waals surface area contributed by atoms with Crippen molar-refractivity contribution >= 4 is 21.9 Å². The first-order chi connectivity index (χ1) is 11.2. The van der Waals surface area contributed by atoms with Gasteiger partial charge in [0.05, 0.1) is 13.2 Å². The Kier molecular flexibility index (Phi) is 7.68. The van der Waals surface area contributed by atoms with E-state index in [-0.39, 0.29) is 0 Å². The van der Waals surface area contributed by atoms with Crippen LogP contribution in [0.2, 0.25) is 0 Å². The minimum Gasteiger partial charge on any atom is -0.492 e. The molecule has 2 rings (SSSR count). The lowest BCUT2D eigenvalue weighted by atomic mass is 10.1. The van der Waals surface area contributed by atoms with E-state index in [2.05, 4.69) is 45.1 Å². The van der Waals surface area contributed by atoms with Gasteiger partial charge in [-0.15, -0.1) is 0 Å². The molecule has 0 radical (unpaired) electrons. The molecule has 1 aliphatic rings. The highest BCUT2D eigenvalue weighted by molar-refractivity contribution is 9.10. The summed E-state index contributed by atoms with van der Waals surface area (Å²) in [6.45, 7) is 6.85. The first kappa shape index (κ1) is 18.1. The van der Waals surface area contributed by atoms with Crippen LogP contribution in [0.25, 0.3) is 0 Å². The number of hydrogen-bond donors (Lipinski definition) is 1. The Hall–Kier alpha value is -1.27. The van der Waals surface area contributed by atoms with E-state index in [1.807, 2.05) is 24.3 Å². The maximum atomic E-state index is 5.71. The van der Waals surface area contributed by atoms with Crippen molar-refractivity contribution in [2.24, 2.45) is 10.9 Å². The third-order valence-corrected chi connectivity index (χ3v) is 4.22. The average Bonchev–Trinajstić information content (AvgIpc) is 3.05. The van der Waals surface area contributed by atoms with Crippen molar-refractivity contribution in [1.82, 2.24) is 10.2 Å². The van der Waals surface area contributed by atoms with Gasteiger partial charge in [0, 0.05) is 37.1 Å². The van der Waals surface area contributed by atoms with Crippen LogP contribution >= 0.6 is 15.9 Å². The van der Waals surface area contributed by atoms with Crippen molar-refractivity contribution in [2.75, 3.05) is 46.5 Å². The molecule has 0 bridgehead atoms. The van der Waals surface area contributed by atoms with Gasteiger partial charge in [-0.2, -0.15) is 0 Å². The number of hydrogen-bond acceptors (Lipinski definition) is 3. The Labute approximate surface area is 147 Å². The van der Waals surface area contributed by atoms with E-state index in [4.69, 9.17) is 9.47 Å². The number of rotatable bonds is 7. The molecule has 1 fully saturated rings. The van der Waals surface area contributed by atoms with Crippen LogP contribution in [0.4, 0.5) is 0 Å². The van der Waals surface area contributed by atoms with Gasteiger partial charge in [-0.25, -0.2) is 4.99 Å². The van der Waals surface area contributed by atoms with E-state index >= 15 is 0 Å². The average molecular weight is 384 g/mol. The van der Waals surface area contributed by atoms with Crippen LogP contribution in [-0.4, -0.2) is 57.4 Å². The van der Waals surface area contributed by atoms with Crippen LogP contribution in [0.1, 0.15) is 13.3 Å². The van der Waals surface area contributed by atoms with Gasteiger partial charge in [0.2, 0.25) is 0 Å². The number of benzene rings is 1. The number of guanidine groups is 1. The van der Waals surface area contributed by atoms with Crippen molar-refractivity contribution in [3.05, 3.63) is 28.7 Å². The zero-order valence-electron chi connectivity index (χ0n) is 13.9. The molecule has 1 aromatic rings. The number of ether oxygens (including phenoxy) is 2. The molecule has 0 spiro atoms. The Morgan fingerprint density at radius 1 is 1.43 bits per heavy atom. The molecule has 1 saturated heterocycles. The minimum absolute atomic E-state index is 0.566. The van der Waals surface area contributed by atoms with Gasteiger partial charge in [-0.1, -0.05) is 15.9 Å². The smallest absolute Gasteiger partial charge is 0.193 e. The van der Waals surface area contributed by atoms with Crippen LogP contribution in [0.3, 0.4) is 0 Å². The van der Waals surface area contributed by atoms with E-state index in [0.717, 1.165) is 48.9 Å². The summed E-state index contributed by atoms with van der Waals surface area (Å²) in [4.78, 5) is 6.83. The summed E-state index contributed by atoms with van der Waals surface area (Å²) in [7, 11) is 2.08. The summed E-state index contributed by atoms with van der Waals surface area (Å²) in [6.07, 6.45) is 1.14. The maximum Gasteiger partial charge on any atom is 0.193 e. The lowest BCUT2D eigenvalue weighted by Gasteiger charge is -2.24. The lowest BCUT2D eigenvalue weighted by molar-refractivity contribution is 0.181. The van der Waals surface area contributed by atoms with Crippen molar-refractivity contribution in [1.29, 1.82) is 0 Å². The van der Waals surface area contributed by atoms with Gasteiger partial charge in [-0.3, -0.25) is 0 Å². The maximum absolute atomic E-state index is 5.71. The predicted octanol–water partition coefficient (Wildman–Crippen LogP) is 2.76. The molecular weight excluding hydrogens is 358 g/mol. The molecule has 128 valence electrons. The largest absolute Gasteiger partial charge is 0.492 e. The van der Waals surface area contributed by atoms with Gasteiger partial charge >= 0.3 is 0 Å². The Morgan fingerprint density at radius 3 is 2.87 bits per heavy atom. The van der Waals surface area contributed by atoms with Gasteiger partial charge < -0.3 is 19.7 Å². The summed E-state index contributed by atoms with van der Waals surface area (Å²) >= 11 is 3.42. The molecule has 1 N–H and O–H groups in total. The summed E-state index contributed by atoms with van der Waals surface area (Å²) < 4.78 is 12.2. The highest BCUT2D eigenvalue weighted by Crippen LogP contribution is 2.16. The Balaban J connectivity index is 1.78. The third-order valence-electron chi connectivity index (χ3n) is 3.69. The molecule has 0 amide bonds. The van der Waals surface area contributed by atoms with Gasteiger partial charge in [0.25, 0.3) is 0 Å². The van der Waals surface area contributed by atoms with Crippen LogP contribution in [0.15, 0.2) is 33.7 Å². The summed E-state index contributed by atoms with van der Waals surface area (Å²) in [5.74, 6) is 2.39. The van der Waals surface area contributed by atoms with Crippen LogP contribution in [0.5, 0.6) is 5.75 Å². The molecular formula is C17H26BrN3O2. The van der Waals surface area contributed by atoms with Crippen molar-refractivity contribution in [3.63, 3.8) is 0 Å². The molecule has 1 aliphatic heterocycles. The quantitative estimate of drug-likeness (QED) is 0.446. The van der Waals surface area contributed by atoms with Crippen molar-refractivity contribution in [2.45, 2.75) is 13.3 Å². The minimum atomic E-state index is 0.566. The monoisotopic (exact) mass is 383 g/mol. The molecule has 0 aromatic heterocycles. The van der Waals surface area contributed by atoms with E-state index in [9.17, 15) is 0 Å². The van der Waals surface area contributed by atoms with Gasteiger partial charge in [-0.05, 0) is 37.6 Å². The van der Waals surface area contributed by atoms with E-state index in [0.29, 0.717) is 19.1 Å². The Bertz CT molecular complexity index is 487. The normalized spacial score (nSPS) is 18.0. The molecule has 1 aromatic carbocycles. The molecule has 6 heteroatoms. The molecule has 0 aliphatic carbocycles. The highest BCUT2D eigenvalue weighted by Gasteiger charge is 2.18. The molecule has 1 unspecified atom stereocenters. The van der Waals surface area contributed by atoms with Gasteiger partial charge in [0.1, 0.15) is 12.4 Å². The molecule has 5 nitrogen and oxygen atoms in total. The van der Waals surface area contributed by atoms with Crippen molar-refractivity contribution in [3.8, 4) is 5.75 Å². The van der Waals surface area contributed by atoms with E-state index < -0.39 is 0 Å². The summed E-state index contributed by atoms with van der Waals surface area (Å²) in [5, 5.41) is 3.34. The second-order valence-electron chi connectivity index (χ2n) is 5.65. The van der Waals surface area contributed by atoms with E-state index in [1.54, 1.807) is 0 Å². The fourth-order valence-electron chi connectivity index (χ4n) is 2.52. The van der Waals surface area contributed by atoms with Crippen LogP contribution in [0, 0.1) is 5.92 Å². The number of halogens is 1. The second kappa shape index (κ2) is 9.78. The zero-order valence-corrected chi connectivity index (χ0v) is 15.5. The van der Waals surface area contributed by atoms with E-state index in [1.165, 1.54) is 0 Å². The van der Waals surface area contributed by atoms with Gasteiger partial charge in [0.15, 0.2) is 5.96 Å². The fourth-order valence-corrected chi connectivity index (χ4v) is 2.78. The van der Waals surface area contributed by atoms with Crippen LogP contribution in [-0.2, 0) is 4.74 Å². The molecule has 23 heavy (non-hydrogen) atoms. The number of aliphatic imine (C=N–C) groups is 1. The first-order valence-corrected chi connectivity index (χ1v) is 8.94. The standard InChI is InChI=1S/C17H26BrN3O2/c1-3-19-17(21(2)12-14-8-10-22-13-14)20-9-11-23-16-6-4-15(18)5-7-16/h4-7,14H,3,8-13H2,1-2H3,(H,19,20). The summed E-state index contributed by atoms with van der Waals surface area (Å²) in [5.41, 5.74) is 0.